The van der Waals surface area contributed by atoms with Gasteiger partial charge < -0.3 is 14.2 Å². The molecule has 1 aromatic carbocycles. The fourth-order valence-corrected chi connectivity index (χ4v) is 3.86. The maximum atomic E-state index is 13.2. The monoisotopic (exact) mass is 404 g/mol. The van der Waals surface area contributed by atoms with Crippen LogP contribution < -0.4 is 14.4 Å². The highest BCUT2D eigenvalue weighted by atomic mass is 32.1. The van der Waals surface area contributed by atoms with Crippen LogP contribution in [-0.2, 0) is 4.74 Å². The molecule has 0 bridgehead atoms. The molecule has 0 saturated heterocycles. The molecule has 2 aromatic rings. The lowest BCUT2D eigenvalue weighted by molar-refractivity contribution is 0.0531. The van der Waals surface area contributed by atoms with Crippen molar-refractivity contribution in [2.24, 2.45) is 0 Å². The van der Waals surface area contributed by atoms with Crippen molar-refractivity contribution in [1.82, 2.24) is 4.98 Å². The van der Waals surface area contributed by atoms with Crippen molar-refractivity contribution in [1.29, 1.82) is 0 Å². The highest BCUT2D eigenvalue weighted by Gasteiger charge is 2.26. The minimum Gasteiger partial charge on any atom is -0.462 e. The van der Waals surface area contributed by atoms with Crippen molar-refractivity contribution in [3.63, 3.8) is 0 Å². The normalized spacial score (nSPS) is 12.1. The number of aromatic nitrogens is 1. The lowest BCUT2D eigenvalue weighted by Crippen LogP contribution is -2.31. The Bertz CT molecular complexity index is 864. The molecule has 0 unspecified atom stereocenters. The van der Waals surface area contributed by atoms with Crippen LogP contribution in [-0.4, -0.2) is 36.8 Å². The second kappa shape index (κ2) is 9.05. The number of thiazole rings is 1. The Labute approximate surface area is 168 Å². The molecule has 1 aliphatic rings. The van der Waals surface area contributed by atoms with Crippen LogP contribution in [0.4, 0.5) is 5.13 Å². The number of esters is 1. The number of benzene rings is 1. The van der Waals surface area contributed by atoms with Gasteiger partial charge in [0.2, 0.25) is 6.79 Å². The van der Waals surface area contributed by atoms with E-state index in [1.165, 1.54) is 11.3 Å². The summed E-state index contributed by atoms with van der Waals surface area (Å²) >= 11 is 1.19. The molecule has 0 N–H and O–H groups in total. The fourth-order valence-electron chi connectivity index (χ4n) is 2.87. The molecule has 0 spiro atoms. The molecule has 150 valence electrons. The third-order valence-electron chi connectivity index (χ3n) is 4.33. The van der Waals surface area contributed by atoms with Crippen molar-refractivity contribution in [3.05, 3.63) is 34.3 Å². The predicted molar refractivity (Wildman–Crippen MR) is 107 cm³/mol. The van der Waals surface area contributed by atoms with E-state index in [9.17, 15) is 9.59 Å². The van der Waals surface area contributed by atoms with E-state index in [2.05, 4.69) is 11.9 Å². The summed E-state index contributed by atoms with van der Waals surface area (Å²) < 4.78 is 15.8. The average Bonchev–Trinajstić information content (AvgIpc) is 3.30. The second-order valence-corrected chi connectivity index (χ2v) is 7.34. The predicted octanol–water partition coefficient (Wildman–Crippen LogP) is 4.19. The third-order valence-corrected chi connectivity index (χ3v) is 5.49. The van der Waals surface area contributed by atoms with Crippen molar-refractivity contribution in [3.8, 4) is 11.5 Å². The molecule has 0 saturated carbocycles. The van der Waals surface area contributed by atoms with Crippen LogP contribution in [0.1, 0.15) is 58.8 Å². The van der Waals surface area contributed by atoms with Crippen LogP contribution in [0.25, 0.3) is 0 Å². The first-order valence-electron chi connectivity index (χ1n) is 9.41. The number of nitrogens with zero attached hydrogens (tertiary/aromatic N) is 2. The van der Waals surface area contributed by atoms with E-state index >= 15 is 0 Å². The van der Waals surface area contributed by atoms with E-state index in [4.69, 9.17) is 14.2 Å². The number of rotatable bonds is 8. The Hall–Kier alpha value is -2.61. The van der Waals surface area contributed by atoms with Gasteiger partial charge >= 0.3 is 5.97 Å². The molecule has 1 amide bonds. The zero-order valence-corrected chi connectivity index (χ0v) is 17.1. The zero-order chi connectivity index (χ0) is 20.1. The number of fused-ring (bicyclic) bond motifs is 1. The summed E-state index contributed by atoms with van der Waals surface area (Å²) in [6.07, 6.45) is 2.89. The summed E-state index contributed by atoms with van der Waals surface area (Å²) in [4.78, 5) is 31.9. The van der Waals surface area contributed by atoms with E-state index in [1.807, 2.05) is 0 Å². The summed E-state index contributed by atoms with van der Waals surface area (Å²) in [7, 11) is 0. The highest BCUT2D eigenvalue weighted by molar-refractivity contribution is 7.17. The highest BCUT2D eigenvalue weighted by Crippen LogP contribution is 2.34. The number of carbonyl (C=O) groups is 2. The maximum Gasteiger partial charge on any atom is 0.350 e. The van der Waals surface area contributed by atoms with E-state index in [0.717, 1.165) is 19.3 Å². The summed E-state index contributed by atoms with van der Waals surface area (Å²) in [5.41, 5.74) is 1.06. The molecular weight excluding hydrogens is 380 g/mol. The zero-order valence-electron chi connectivity index (χ0n) is 16.3. The Morgan fingerprint density at radius 2 is 2.00 bits per heavy atom. The maximum absolute atomic E-state index is 13.2. The lowest BCUT2D eigenvalue weighted by atomic mass is 10.1. The van der Waals surface area contributed by atoms with Crippen molar-refractivity contribution in [2.45, 2.75) is 40.0 Å². The van der Waals surface area contributed by atoms with Gasteiger partial charge in [0.15, 0.2) is 16.6 Å². The number of carbonyl (C=O) groups excluding carboxylic acids is 2. The molecule has 1 aliphatic heterocycles. The van der Waals surface area contributed by atoms with E-state index in [-0.39, 0.29) is 12.7 Å². The molecule has 8 heteroatoms. The van der Waals surface area contributed by atoms with Gasteiger partial charge in [-0.05, 0) is 38.5 Å². The summed E-state index contributed by atoms with van der Waals surface area (Å²) in [6, 6.07) is 5.14. The number of anilines is 1. The Morgan fingerprint density at radius 3 is 2.75 bits per heavy atom. The van der Waals surface area contributed by atoms with Gasteiger partial charge in [0.25, 0.3) is 5.91 Å². The van der Waals surface area contributed by atoms with Gasteiger partial charge in [0, 0.05) is 12.1 Å². The number of amides is 1. The first-order chi connectivity index (χ1) is 13.5. The topological polar surface area (TPSA) is 78.0 Å². The largest absolute Gasteiger partial charge is 0.462 e. The van der Waals surface area contributed by atoms with Crippen LogP contribution in [0.3, 0.4) is 0 Å². The number of hydrogen-bond acceptors (Lipinski definition) is 7. The van der Waals surface area contributed by atoms with Gasteiger partial charge in [0.05, 0.1) is 12.3 Å². The van der Waals surface area contributed by atoms with Crippen LogP contribution in [0.5, 0.6) is 11.5 Å². The van der Waals surface area contributed by atoms with Crippen molar-refractivity contribution >= 4 is 28.3 Å². The SMILES string of the molecule is CCCCCN(C(=O)c1ccc2c(c1)OCO2)c1nc(C)c(C(=O)OCC)s1. The number of unbranched alkanes of at least 4 members (excludes halogenated alkanes) is 2. The third kappa shape index (κ3) is 4.27. The first-order valence-corrected chi connectivity index (χ1v) is 10.2. The van der Waals surface area contributed by atoms with Crippen LogP contribution >= 0.6 is 11.3 Å². The number of hydrogen-bond donors (Lipinski definition) is 0. The molecule has 1 aromatic heterocycles. The summed E-state index contributed by atoms with van der Waals surface area (Å²) in [6.45, 7) is 6.59. The van der Waals surface area contributed by atoms with Gasteiger partial charge in [-0.15, -0.1) is 0 Å². The Morgan fingerprint density at radius 1 is 1.21 bits per heavy atom. The first kappa shape index (κ1) is 20.1. The molecular formula is C20H24N2O5S. The smallest absolute Gasteiger partial charge is 0.350 e. The average molecular weight is 404 g/mol. The van der Waals surface area contributed by atoms with Crippen LogP contribution in [0, 0.1) is 6.92 Å². The van der Waals surface area contributed by atoms with Gasteiger partial charge in [-0.3, -0.25) is 9.69 Å². The molecule has 0 radical (unpaired) electrons. The standard InChI is InChI=1S/C20H24N2O5S/c1-4-6-7-10-22(20-21-13(3)17(28-20)19(24)25-5-2)18(23)14-8-9-15-16(11-14)27-12-26-15/h8-9,11H,4-7,10,12H2,1-3H3. The molecule has 28 heavy (non-hydrogen) atoms. The van der Waals surface area contributed by atoms with Crippen LogP contribution in [0.15, 0.2) is 18.2 Å². The molecule has 0 fully saturated rings. The molecule has 3 rings (SSSR count). The van der Waals surface area contributed by atoms with Gasteiger partial charge in [0.1, 0.15) is 4.88 Å². The fraction of sp³-hybridized carbons (Fsp3) is 0.450. The minimum atomic E-state index is -0.409. The van der Waals surface area contributed by atoms with Crippen LogP contribution in [0.2, 0.25) is 0 Å². The Balaban J connectivity index is 1.89. The Kier molecular flexibility index (Phi) is 6.51. The molecule has 0 atom stereocenters. The van der Waals surface area contributed by atoms with Gasteiger partial charge in [-0.2, -0.15) is 0 Å². The molecule has 2 heterocycles. The number of ether oxygens (including phenoxy) is 3. The summed E-state index contributed by atoms with van der Waals surface area (Å²) in [5, 5.41) is 0.499. The lowest BCUT2D eigenvalue weighted by Gasteiger charge is -2.20. The minimum absolute atomic E-state index is 0.155. The van der Waals surface area contributed by atoms with E-state index in [1.54, 1.807) is 36.9 Å². The second-order valence-electron chi connectivity index (χ2n) is 6.36. The quantitative estimate of drug-likeness (QED) is 0.485. The van der Waals surface area contributed by atoms with Gasteiger partial charge in [-0.1, -0.05) is 31.1 Å². The van der Waals surface area contributed by atoms with E-state index in [0.29, 0.717) is 45.9 Å². The van der Waals surface area contributed by atoms with Crippen molar-refractivity contribution in [2.75, 3.05) is 24.8 Å². The molecule has 0 aliphatic carbocycles. The van der Waals surface area contributed by atoms with E-state index < -0.39 is 5.97 Å². The summed E-state index contributed by atoms with van der Waals surface area (Å²) in [5.74, 6) is 0.594. The van der Waals surface area contributed by atoms with Crippen molar-refractivity contribution < 1.29 is 23.8 Å². The molecule has 7 nitrogen and oxygen atoms in total. The van der Waals surface area contributed by atoms with Gasteiger partial charge in [-0.25, -0.2) is 9.78 Å². The number of aryl methyl sites for hydroxylation is 1.